The van der Waals surface area contributed by atoms with Crippen LogP contribution in [0.3, 0.4) is 0 Å². The lowest BCUT2D eigenvalue weighted by atomic mass is 9.89. The van der Waals surface area contributed by atoms with Crippen LogP contribution in [-0.2, 0) is 6.61 Å². The van der Waals surface area contributed by atoms with Crippen LogP contribution < -0.4 is 4.74 Å². The molecule has 42 heavy (non-hydrogen) atoms. The molecule has 0 unspecified atom stereocenters. The second-order valence-corrected chi connectivity index (χ2v) is 10.4. The van der Waals surface area contributed by atoms with Crippen LogP contribution in [0.25, 0.3) is 67.2 Å². The molecule has 198 valence electrons. The molecule has 0 saturated heterocycles. The average Bonchev–Trinajstić information content (AvgIpc) is 3.08. The largest absolute Gasteiger partial charge is 0.488 e. The summed E-state index contributed by atoms with van der Waals surface area (Å²) in [5, 5.41) is 2.34. The van der Waals surface area contributed by atoms with Gasteiger partial charge < -0.3 is 4.74 Å². The lowest BCUT2D eigenvalue weighted by Crippen LogP contribution is -2.06. The fourth-order valence-electron chi connectivity index (χ4n) is 5.69. The second kappa shape index (κ2) is 10.1. The Morgan fingerprint density at radius 1 is 0.429 bits per heavy atom. The lowest BCUT2D eigenvalue weighted by Gasteiger charge is -2.23. The highest BCUT2D eigenvalue weighted by molar-refractivity contribution is 5.90. The van der Waals surface area contributed by atoms with E-state index in [1.807, 2.05) is 36.4 Å². The summed E-state index contributed by atoms with van der Waals surface area (Å²) in [6.45, 7) is 0.592. The third-order valence-electron chi connectivity index (χ3n) is 7.83. The van der Waals surface area contributed by atoms with Gasteiger partial charge >= 0.3 is 0 Å². The van der Waals surface area contributed by atoms with Crippen molar-refractivity contribution in [3.63, 3.8) is 0 Å². The van der Waals surface area contributed by atoms with E-state index in [1.165, 1.54) is 16.5 Å². The molecule has 0 radical (unpaired) electrons. The third-order valence-corrected chi connectivity index (χ3v) is 7.83. The van der Waals surface area contributed by atoms with E-state index in [0.717, 1.165) is 44.5 Å². The summed E-state index contributed by atoms with van der Waals surface area (Å²) < 4.78 is 6.12. The van der Waals surface area contributed by atoms with Crippen molar-refractivity contribution >= 4 is 10.8 Å². The van der Waals surface area contributed by atoms with Crippen LogP contribution in [0.15, 0.2) is 140 Å². The van der Waals surface area contributed by atoms with Crippen molar-refractivity contribution in [3.8, 4) is 62.2 Å². The molecule has 0 saturated carbocycles. The van der Waals surface area contributed by atoms with Gasteiger partial charge in [-0.1, -0.05) is 127 Å². The Morgan fingerprint density at radius 3 is 1.83 bits per heavy atom. The highest BCUT2D eigenvalue weighted by atomic mass is 16.5. The maximum absolute atomic E-state index is 6.12. The SMILES string of the molecule is c1ccc(-c2nc(-c3ccc(-c4cccc5c4-c4ccccc4CO5)cc3)nc(-c3ccc4ccccc4c3)n2)cc1. The van der Waals surface area contributed by atoms with Crippen LogP contribution in [-0.4, -0.2) is 15.0 Å². The molecule has 1 aromatic heterocycles. The molecular formula is C38H25N3O. The Morgan fingerprint density at radius 2 is 1.02 bits per heavy atom. The Balaban J connectivity index is 1.23. The zero-order valence-corrected chi connectivity index (χ0v) is 22.7. The van der Waals surface area contributed by atoms with Crippen molar-refractivity contribution in [1.29, 1.82) is 0 Å². The van der Waals surface area contributed by atoms with Crippen LogP contribution in [0.4, 0.5) is 0 Å². The number of benzene rings is 6. The van der Waals surface area contributed by atoms with Gasteiger partial charge in [0.1, 0.15) is 12.4 Å². The number of hydrogen-bond acceptors (Lipinski definition) is 4. The number of rotatable bonds is 4. The molecule has 1 aliphatic heterocycles. The Kier molecular flexibility index (Phi) is 5.82. The van der Waals surface area contributed by atoms with Crippen molar-refractivity contribution in [2.24, 2.45) is 0 Å². The first-order valence-electron chi connectivity index (χ1n) is 14.1. The first-order chi connectivity index (χ1) is 20.8. The highest BCUT2D eigenvalue weighted by Crippen LogP contribution is 2.44. The molecule has 2 heterocycles. The van der Waals surface area contributed by atoms with E-state index in [9.17, 15) is 0 Å². The van der Waals surface area contributed by atoms with E-state index < -0.39 is 0 Å². The van der Waals surface area contributed by atoms with Gasteiger partial charge in [0.25, 0.3) is 0 Å². The Hall–Kier alpha value is -5.61. The van der Waals surface area contributed by atoms with Crippen molar-refractivity contribution in [3.05, 3.63) is 145 Å². The standard InChI is InChI=1S/C38H25N3O/c1-2-10-27(11-3-1)36-39-37(41-38(40-36)30-22-17-25-9-4-5-12-29(25)23-30)28-20-18-26(19-21-28)32-15-8-16-34-35(32)33-14-7-6-13-31(33)24-42-34/h1-23H,24H2. The normalized spacial score (nSPS) is 11.9. The predicted octanol–water partition coefficient (Wildman–Crippen LogP) is 9.25. The zero-order valence-electron chi connectivity index (χ0n) is 22.7. The summed E-state index contributed by atoms with van der Waals surface area (Å²) >= 11 is 0. The van der Waals surface area contributed by atoms with Crippen molar-refractivity contribution < 1.29 is 4.74 Å². The fourth-order valence-corrected chi connectivity index (χ4v) is 5.69. The molecule has 1 aliphatic rings. The predicted molar refractivity (Wildman–Crippen MR) is 169 cm³/mol. The first-order valence-corrected chi connectivity index (χ1v) is 14.1. The molecule has 7 aromatic rings. The number of fused-ring (bicyclic) bond motifs is 4. The summed E-state index contributed by atoms with van der Waals surface area (Å²) in [5.41, 5.74) is 8.66. The molecule has 4 nitrogen and oxygen atoms in total. The maximum Gasteiger partial charge on any atom is 0.164 e. The fraction of sp³-hybridized carbons (Fsp3) is 0.0263. The van der Waals surface area contributed by atoms with Crippen LogP contribution in [0.5, 0.6) is 5.75 Å². The molecule has 6 aromatic carbocycles. The van der Waals surface area contributed by atoms with Crippen LogP contribution in [0.2, 0.25) is 0 Å². The van der Waals surface area contributed by atoms with Crippen LogP contribution >= 0.6 is 0 Å². The zero-order chi connectivity index (χ0) is 27.9. The van der Waals surface area contributed by atoms with E-state index in [1.54, 1.807) is 0 Å². The molecule has 0 atom stereocenters. The van der Waals surface area contributed by atoms with Crippen molar-refractivity contribution in [2.45, 2.75) is 6.61 Å². The van der Waals surface area contributed by atoms with E-state index >= 15 is 0 Å². The summed E-state index contributed by atoms with van der Waals surface area (Å²) in [6.07, 6.45) is 0. The molecule has 0 bridgehead atoms. The van der Waals surface area contributed by atoms with E-state index in [2.05, 4.69) is 103 Å². The molecule has 0 amide bonds. The summed E-state index contributed by atoms with van der Waals surface area (Å²) in [6, 6.07) is 48.0. The van der Waals surface area contributed by atoms with E-state index in [0.29, 0.717) is 24.1 Å². The Labute approximate surface area is 244 Å². The second-order valence-electron chi connectivity index (χ2n) is 10.4. The van der Waals surface area contributed by atoms with Gasteiger partial charge in [0.15, 0.2) is 17.5 Å². The molecule has 0 aliphatic carbocycles. The molecule has 4 heteroatoms. The number of ether oxygens (including phenoxy) is 1. The third kappa shape index (κ3) is 4.30. The quantitative estimate of drug-likeness (QED) is 0.224. The van der Waals surface area contributed by atoms with Gasteiger partial charge in [0.05, 0.1) is 0 Å². The average molecular weight is 540 g/mol. The maximum atomic E-state index is 6.12. The first kappa shape index (κ1) is 24.2. The van der Waals surface area contributed by atoms with Gasteiger partial charge in [-0.25, -0.2) is 15.0 Å². The number of hydrogen-bond donors (Lipinski definition) is 0. The van der Waals surface area contributed by atoms with Gasteiger partial charge in [0, 0.05) is 22.3 Å². The van der Waals surface area contributed by atoms with Crippen LogP contribution in [0, 0.1) is 0 Å². The smallest absolute Gasteiger partial charge is 0.164 e. The van der Waals surface area contributed by atoms with Gasteiger partial charge in [-0.15, -0.1) is 0 Å². The van der Waals surface area contributed by atoms with E-state index in [-0.39, 0.29) is 0 Å². The van der Waals surface area contributed by atoms with Crippen molar-refractivity contribution in [1.82, 2.24) is 15.0 Å². The molecule has 0 spiro atoms. The van der Waals surface area contributed by atoms with Gasteiger partial charge in [0.2, 0.25) is 0 Å². The number of nitrogens with zero attached hydrogens (tertiary/aromatic N) is 3. The minimum Gasteiger partial charge on any atom is -0.488 e. The molecular weight excluding hydrogens is 514 g/mol. The van der Waals surface area contributed by atoms with Gasteiger partial charge in [-0.3, -0.25) is 0 Å². The molecule has 0 N–H and O–H groups in total. The number of aromatic nitrogens is 3. The molecule has 0 fully saturated rings. The minimum absolute atomic E-state index is 0.592. The van der Waals surface area contributed by atoms with Crippen LogP contribution in [0.1, 0.15) is 5.56 Å². The topological polar surface area (TPSA) is 47.9 Å². The highest BCUT2D eigenvalue weighted by Gasteiger charge is 2.21. The summed E-state index contributed by atoms with van der Waals surface area (Å²) in [5.74, 6) is 2.86. The van der Waals surface area contributed by atoms with Gasteiger partial charge in [-0.2, -0.15) is 0 Å². The van der Waals surface area contributed by atoms with Gasteiger partial charge in [-0.05, 0) is 45.2 Å². The van der Waals surface area contributed by atoms with Crippen molar-refractivity contribution in [2.75, 3.05) is 0 Å². The Bertz CT molecular complexity index is 2090. The van der Waals surface area contributed by atoms with E-state index in [4.69, 9.17) is 19.7 Å². The summed E-state index contributed by atoms with van der Waals surface area (Å²) in [4.78, 5) is 14.8. The molecule has 8 rings (SSSR count). The minimum atomic E-state index is 0.592. The lowest BCUT2D eigenvalue weighted by molar-refractivity contribution is 0.302. The monoisotopic (exact) mass is 539 g/mol. The summed E-state index contributed by atoms with van der Waals surface area (Å²) in [7, 11) is 0.